The third kappa shape index (κ3) is 4.10. The number of hydrogen-bond donors (Lipinski definition) is 1. The summed E-state index contributed by atoms with van der Waals surface area (Å²) in [6, 6.07) is 4.31. The second-order valence-electron chi connectivity index (χ2n) is 7.41. The van der Waals surface area contributed by atoms with E-state index < -0.39 is 5.60 Å². The molecule has 1 fully saturated rings. The first-order valence-electron chi connectivity index (χ1n) is 8.58. The summed E-state index contributed by atoms with van der Waals surface area (Å²) in [5, 5.41) is 16.6. The molecule has 3 heterocycles. The molecule has 0 aromatic carbocycles. The Bertz CT molecular complexity index is 857. The van der Waals surface area contributed by atoms with E-state index in [0.717, 1.165) is 41.6 Å². The van der Waals surface area contributed by atoms with Gasteiger partial charge < -0.3 is 15.0 Å². The lowest BCUT2D eigenvalue weighted by molar-refractivity contribution is 0.0497. The quantitative estimate of drug-likeness (QED) is 0.805. The minimum atomic E-state index is -0.498. The zero-order valence-corrected chi connectivity index (χ0v) is 16.7. The van der Waals surface area contributed by atoms with E-state index >= 15 is 0 Å². The van der Waals surface area contributed by atoms with Crippen LogP contribution < -0.4 is 10.2 Å². The fourth-order valence-corrected chi connectivity index (χ4v) is 3.54. The molecule has 26 heavy (non-hydrogen) atoms. The molecule has 0 spiro atoms. The molecule has 2 aromatic rings. The predicted molar refractivity (Wildman–Crippen MR) is 102 cm³/mol. The van der Waals surface area contributed by atoms with Crippen molar-refractivity contribution in [2.24, 2.45) is 0 Å². The van der Waals surface area contributed by atoms with Gasteiger partial charge in [0.25, 0.3) is 0 Å². The Morgan fingerprint density at radius 3 is 2.73 bits per heavy atom. The Labute approximate surface area is 161 Å². The Kier molecular flexibility index (Phi) is 5.10. The Morgan fingerprint density at radius 2 is 2.12 bits per heavy atom. The standard InChI is InChI=1S/C18H22BrN5O2/c1-18(2,3)26-17(25)22-14-4-6-23(7-5-14)15-8-13(19)11-24-16(15)12(9-20)10-21-24/h8,10-11,14H,4-7H2,1-3H3,(H,22,25). The van der Waals surface area contributed by atoms with Crippen LogP contribution in [0.1, 0.15) is 39.2 Å². The maximum absolute atomic E-state index is 11.9. The van der Waals surface area contributed by atoms with Crippen molar-refractivity contribution in [3.8, 4) is 6.07 Å². The predicted octanol–water partition coefficient (Wildman–Crippen LogP) is 3.46. The summed E-state index contributed by atoms with van der Waals surface area (Å²) >= 11 is 3.51. The summed E-state index contributed by atoms with van der Waals surface area (Å²) in [7, 11) is 0. The fraction of sp³-hybridized carbons (Fsp3) is 0.500. The van der Waals surface area contributed by atoms with Gasteiger partial charge in [-0.1, -0.05) is 0 Å². The molecule has 1 amide bonds. The van der Waals surface area contributed by atoms with Crippen molar-refractivity contribution in [2.75, 3.05) is 18.0 Å². The molecule has 2 aromatic heterocycles. The number of nitrogens with one attached hydrogen (secondary N) is 1. The van der Waals surface area contributed by atoms with Crippen molar-refractivity contribution in [3.05, 3.63) is 28.5 Å². The van der Waals surface area contributed by atoms with E-state index in [9.17, 15) is 10.1 Å². The van der Waals surface area contributed by atoms with Crippen molar-refractivity contribution in [1.29, 1.82) is 5.26 Å². The van der Waals surface area contributed by atoms with Crippen LogP contribution in [-0.4, -0.2) is 40.4 Å². The number of rotatable bonds is 2. The maximum Gasteiger partial charge on any atom is 0.407 e. The number of nitrogens with zero attached hydrogens (tertiary/aromatic N) is 4. The van der Waals surface area contributed by atoms with Crippen LogP contribution in [0, 0.1) is 11.3 Å². The number of nitriles is 1. The fourth-order valence-electron chi connectivity index (χ4n) is 3.13. The molecule has 0 aliphatic carbocycles. The lowest BCUT2D eigenvalue weighted by atomic mass is 10.0. The van der Waals surface area contributed by atoms with Gasteiger partial charge in [0.05, 0.1) is 17.4 Å². The number of halogens is 1. The number of carbonyl (C=O) groups is 1. The number of hydrogen-bond acceptors (Lipinski definition) is 5. The van der Waals surface area contributed by atoms with E-state index in [1.807, 2.05) is 33.0 Å². The average Bonchev–Trinajstić information content (AvgIpc) is 2.95. The third-order valence-electron chi connectivity index (χ3n) is 4.24. The number of piperidine rings is 1. The molecule has 0 saturated carbocycles. The topological polar surface area (TPSA) is 82.7 Å². The number of aromatic nitrogens is 2. The smallest absolute Gasteiger partial charge is 0.407 e. The number of pyridine rings is 1. The van der Waals surface area contributed by atoms with Gasteiger partial charge in [-0.15, -0.1) is 0 Å². The molecule has 8 heteroatoms. The van der Waals surface area contributed by atoms with Gasteiger partial charge in [0.15, 0.2) is 0 Å². The van der Waals surface area contributed by atoms with Crippen LogP contribution in [0.25, 0.3) is 5.52 Å². The van der Waals surface area contributed by atoms with E-state index in [2.05, 4.69) is 37.3 Å². The van der Waals surface area contributed by atoms with Gasteiger partial charge in [0, 0.05) is 29.8 Å². The van der Waals surface area contributed by atoms with Gasteiger partial charge in [0.1, 0.15) is 17.2 Å². The summed E-state index contributed by atoms with van der Waals surface area (Å²) < 4.78 is 7.96. The SMILES string of the molecule is CC(C)(C)OC(=O)NC1CCN(c2cc(Br)cn3ncc(C#N)c23)CC1. The summed E-state index contributed by atoms with van der Waals surface area (Å²) in [5.41, 5.74) is 1.85. The normalized spacial score (nSPS) is 15.7. The van der Waals surface area contributed by atoms with Crippen molar-refractivity contribution in [2.45, 2.75) is 45.3 Å². The molecule has 1 aliphatic rings. The molecule has 3 rings (SSSR count). The number of alkyl carbamates (subject to hydrolysis) is 1. The van der Waals surface area contributed by atoms with E-state index in [-0.39, 0.29) is 12.1 Å². The molecular formula is C18H22BrN5O2. The first-order chi connectivity index (χ1) is 12.3. The first-order valence-corrected chi connectivity index (χ1v) is 9.37. The van der Waals surface area contributed by atoms with Crippen molar-refractivity contribution in [1.82, 2.24) is 14.9 Å². The number of fused-ring (bicyclic) bond motifs is 1. The highest BCUT2D eigenvalue weighted by Gasteiger charge is 2.25. The average molecular weight is 420 g/mol. The molecule has 1 N–H and O–H groups in total. The lowest BCUT2D eigenvalue weighted by Gasteiger charge is -2.34. The van der Waals surface area contributed by atoms with E-state index in [4.69, 9.17) is 4.74 Å². The van der Waals surface area contributed by atoms with E-state index in [1.165, 1.54) is 0 Å². The van der Waals surface area contributed by atoms with E-state index in [0.29, 0.717) is 5.56 Å². The van der Waals surface area contributed by atoms with Crippen LogP contribution in [0.4, 0.5) is 10.5 Å². The highest BCUT2D eigenvalue weighted by atomic mass is 79.9. The first kappa shape index (κ1) is 18.5. The summed E-state index contributed by atoms with van der Waals surface area (Å²) in [6.07, 6.45) is 4.68. The van der Waals surface area contributed by atoms with Crippen molar-refractivity contribution < 1.29 is 9.53 Å². The van der Waals surface area contributed by atoms with Gasteiger partial charge in [-0.3, -0.25) is 0 Å². The molecular weight excluding hydrogens is 398 g/mol. The number of ether oxygens (including phenoxy) is 1. The van der Waals surface area contributed by atoms with Crippen molar-refractivity contribution in [3.63, 3.8) is 0 Å². The van der Waals surface area contributed by atoms with Gasteiger partial charge in [-0.2, -0.15) is 10.4 Å². The van der Waals surface area contributed by atoms with Crippen LogP contribution >= 0.6 is 15.9 Å². The van der Waals surface area contributed by atoms with Gasteiger partial charge in [0.2, 0.25) is 0 Å². The second-order valence-corrected chi connectivity index (χ2v) is 8.33. The lowest BCUT2D eigenvalue weighted by Crippen LogP contribution is -2.46. The maximum atomic E-state index is 11.9. The number of carbonyl (C=O) groups excluding carboxylic acids is 1. The zero-order chi connectivity index (χ0) is 18.9. The van der Waals surface area contributed by atoms with E-state index in [1.54, 1.807) is 10.7 Å². The Balaban J connectivity index is 1.71. The summed E-state index contributed by atoms with van der Waals surface area (Å²) in [6.45, 7) is 7.12. The van der Waals surface area contributed by atoms with Crippen LogP contribution in [0.2, 0.25) is 0 Å². The minimum Gasteiger partial charge on any atom is -0.444 e. The Hall–Kier alpha value is -2.27. The molecule has 0 bridgehead atoms. The zero-order valence-electron chi connectivity index (χ0n) is 15.1. The highest BCUT2D eigenvalue weighted by molar-refractivity contribution is 9.10. The van der Waals surface area contributed by atoms with Crippen LogP contribution in [0.15, 0.2) is 22.9 Å². The molecule has 0 unspecified atom stereocenters. The third-order valence-corrected chi connectivity index (χ3v) is 4.67. The number of anilines is 1. The molecule has 1 saturated heterocycles. The monoisotopic (exact) mass is 419 g/mol. The Morgan fingerprint density at radius 1 is 1.42 bits per heavy atom. The number of amides is 1. The summed E-state index contributed by atoms with van der Waals surface area (Å²) in [4.78, 5) is 14.2. The highest BCUT2D eigenvalue weighted by Crippen LogP contribution is 2.30. The summed E-state index contributed by atoms with van der Waals surface area (Å²) in [5.74, 6) is 0. The minimum absolute atomic E-state index is 0.0876. The van der Waals surface area contributed by atoms with Gasteiger partial charge in [-0.05, 0) is 55.6 Å². The second kappa shape index (κ2) is 7.16. The molecule has 1 aliphatic heterocycles. The molecule has 7 nitrogen and oxygen atoms in total. The van der Waals surface area contributed by atoms with Crippen LogP contribution in [0.3, 0.4) is 0 Å². The molecule has 0 atom stereocenters. The van der Waals surface area contributed by atoms with Gasteiger partial charge in [-0.25, -0.2) is 9.31 Å². The van der Waals surface area contributed by atoms with Crippen molar-refractivity contribution >= 4 is 33.2 Å². The van der Waals surface area contributed by atoms with Crippen LogP contribution in [0.5, 0.6) is 0 Å². The molecule has 138 valence electrons. The largest absolute Gasteiger partial charge is 0.444 e. The van der Waals surface area contributed by atoms with Crippen LogP contribution in [-0.2, 0) is 4.74 Å². The molecule has 0 radical (unpaired) electrons. The van der Waals surface area contributed by atoms with Gasteiger partial charge >= 0.3 is 6.09 Å².